The maximum absolute atomic E-state index is 5.80. The van der Waals surface area contributed by atoms with E-state index in [1.54, 1.807) is 0 Å². The highest BCUT2D eigenvalue weighted by atomic mass is 16.5. The Morgan fingerprint density at radius 2 is 1.40 bits per heavy atom. The molecule has 0 fully saturated rings. The zero-order valence-corrected chi connectivity index (χ0v) is 14.8. The van der Waals surface area contributed by atoms with Crippen molar-refractivity contribution in [2.75, 3.05) is 23.7 Å². The van der Waals surface area contributed by atoms with E-state index in [0.29, 0.717) is 0 Å². The van der Waals surface area contributed by atoms with Crippen molar-refractivity contribution in [2.24, 2.45) is 0 Å². The first-order chi connectivity index (χ1) is 12.2. The van der Waals surface area contributed by atoms with Crippen molar-refractivity contribution in [1.29, 1.82) is 0 Å². The van der Waals surface area contributed by atoms with E-state index in [0.717, 1.165) is 30.3 Å². The van der Waals surface area contributed by atoms with Crippen molar-refractivity contribution < 1.29 is 4.74 Å². The number of hydrogen-bond donors (Lipinski definition) is 2. The van der Waals surface area contributed by atoms with Crippen LogP contribution in [0.4, 0.5) is 11.4 Å². The van der Waals surface area contributed by atoms with E-state index < -0.39 is 0 Å². The van der Waals surface area contributed by atoms with Crippen LogP contribution in [0.3, 0.4) is 0 Å². The van der Waals surface area contributed by atoms with Gasteiger partial charge in [0.2, 0.25) is 0 Å². The summed E-state index contributed by atoms with van der Waals surface area (Å²) >= 11 is 0. The molecule has 0 spiro atoms. The number of anilines is 2. The highest BCUT2D eigenvalue weighted by Gasteiger charge is 1.99. The molecule has 0 aliphatic rings. The first-order valence-corrected chi connectivity index (χ1v) is 8.59. The van der Waals surface area contributed by atoms with Crippen molar-refractivity contribution in [3.8, 4) is 11.5 Å². The number of rotatable bonds is 7. The molecule has 0 radical (unpaired) electrons. The van der Waals surface area contributed by atoms with E-state index in [9.17, 15) is 0 Å². The van der Waals surface area contributed by atoms with Crippen molar-refractivity contribution in [2.45, 2.75) is 13.8 Å². The molecule has 3 heteroatoms. The van der Waals surface area contributed by atoms with Crippen LogP contribution < -0.4 is 15.4 Å². The maximum atomic E-state index is 5.80. The number of aryl methyl sites for hydroxylation is 2. The molecule has 0 aromatic heterocycles. The Morgan fingerprint density at radius 1 is 0.720 bits per heavy atom. The topological polar surface area (TPSA) is 33.3 Å². The first kappa shape index (κ1) is 16.9. The summed E-state index contributed by atoms with van der Waals surface area (Å²) in [6.07, 6.45) is 0. The highest BCUT2D eigenvalue weighted by molar-refractivity contribution is 5.53. The lowest BCUT2D eigenvalue weighted by atomic mass is 10.1. The lowest BCUT2D eigenvalue weighted by Crippen LogP contribution is -2.14. The Kier molecular flexibility index (Phi) is 5.57. The summed E-state index contributed by atoms with van der Waals surface area (Å²) in [7, 11) is 0. The molecule has 0 bridgehead atoms. The predicted molar refractivity (Wildman–Crippen MR) is 106 cm³/mol. The molecule has 0 unspecified atom stereocenters. The minimum atomic E-state index is 0.838. The third-order valence-corrected chi connectivity index (χ3v) is 4.00. The van der Waals surface area contributed by atoms with E-state index >= 15 is 0 Å². The van der Waals surface area contributed by atoms with Crippen molar-refractivity contribution in [3.05, 3.63) is 83.9 Å². The highest BCUT2D eigenvalue weighted by Crippen LogP contribution is 2.22. The molecule has 0 atom stereocenters. The van der Waals surface area contributed by atoms with Crippen LogP contribution in [0, 0.1) is 13.8 Å². The summed E-state index contributed by atoms with van der Waals surface area (Å²) in [6.45, 7) is 5.96. The molecule has 128 valence electrons. The maximum Gasteiger partial charge on any atom is 0.127 e. The second kappa shape index (κ2) is 8.25. The van der Waals surface area contributed by atoms with E-state index in [-0.39, 0.29) is 0 Å². The zero-order valence-electron chi connectivity index (χ0n) is 14.8. The van der Waals surface area contributed by atoms with Gasteiger partial charge in [0.05, 0.1) is 0 Å². The van der Waals surface area contributed by atoms with Gasteiger partial charge >= 0.3 is 0 Å². The lowest BCUT2D eigenvalue weighted by Gasteiger charge is -2.12. The van der Waals surface area contributed by atoms with Gasteiger partial charge in [-0.25, -0.2) is 0 Å². The van der Waals surface area contributed by atoms with Gasteiger partial charge in [-0.2, -0.15) is 0 Å². The third-order valence-electron chi connectivity index (χ3n) is 4.00. The molecule has 3 aromatic rings. The smallest absolute Gasteiger partial charge is 0.127 e. The fourth-order valence-corrected chi connectivity index (χ4v) is 2.60. The Balaban J connectivity index is 1.46. The van der Waals surface area contributed by atoms with Gasteiger partial charge in [0.1, 0.15) is 11.5 Å². The van der Waals surface area contributed by atoms with E-state index in [1.165, 1.54) is 16.8 Å². The zero-order chi connectivity index (χ0) is 17.5. The normalized spacial score (nSPS) is 10.3. The van der Waals surface area contributed by atoms with Gasteiger partial charge in [-0.1, -0.05) is 30.3 Å². The summed E-state index contributed by atoms with van der Waals surface area (Å²) in [5.41, 5.74) is 4.83. The van der Waals surface area contributed by atoms with E-state index in [4.69, 9.17) is 4.74 Å². The summed E-state index contributed by atoms with van der Waals surface area (Å²) in [5.74, 6) is 1.69. The fraction of sp³-hybridized carbons (Fsp3) is 0.182. The van der Waals surface area contributed by atoms with Crippen molar-refractivity contribution in [3.63, 3.8) is 0 Å². The van der Waals surface area contributed by atoms with Gasteiger partial charge in [-0.15, -0.1) is 0 Å². The van der Waals surface area contributed by atoms with Crippen LogP contribution in [-0.2, 0) is 0 Å². The van der Waals surface area contributed by atoms with Gasteiger partial charge in [0.25, 0.3) is 0 Å². The average molecular weight is 332 g/mol. The van der Waals surface area contributed by atoms with E-state index in [2.05, 4.69) is 42.7 Å². The van der Waals surface area contributed by atoms with Gasteiger partial charge in [-0.3, -0.25) is 0 Å². The molecule has 0 amide bonds. The van der Waals surface area contributed by atoms with Crippen LogP contribution in [0.1, 0.15) is 11.1 Å². The Hall–Kier alpha value is -2.94. The minimum Gasteiger partial charge on any atom is -0.457 e. The number of para-hydroxylation sites is 1. The number of ether oxygens (including phenoxy) is 1. The largest absolute Gasteiger partial charge is 0.457 e. The molecule has 0 saturated carbocycles. The Bertz CT molecular complexity index is 798. The van der Waals surface area contributed by atoms with Gasteiger partial charge in [-0.05, 0) is 67.4 Å². The van der Waals surface area contributed by atoms with Crippen LogP contribution in [0.25, 0.3) is 0 Å². The van der Waals surface area contributed by atoms with Crippen molar-refractivity contribution >= 4 is 11.4 Å². The van der Waals surface area contributed by atoms with Gasteiger partial charge < -0.3 is 15.4 Å². The molecule has 0 aliphatic heterocycles. The molecule has 3 aromatic carbocycles. The molecule has 25 heavy (non-hydrogen) atoms. The second-order valence-electron chi connectivity index (χ2n) is 6.11. The summed E-state index contributed by atoms with van der Waals surface area (Å²) in [4.78, 5) is 0. The van der Waals surface area contributed by atoms with Crippen LogP contribution in [0.2, 0.25) is 0 Å². The van der Waals surface area contributed by atoms with Gasteiger partial charge in [0.15, 0.2) is 0 Å². The molecule has 3 nitrogen and oxygen atoms in total. The quantitative estimate of drug-likeness (QED) is 0.551. The van der Waals surface area contributed by atoms with Crippen molar-refractivity contribution in [1.82, 2.24) is 0 Å². The molecular formula is C22H24N2O. The van der Waals surface area contributed by atoms with Crippen LogP contribution in [0.15, 0.2) is 72.8 Å². The number of nitrogens with one attached hydrogen (secondary N) is 2. The molecule has 0 heterocycles. The summed E-state index contributed by atoms with van der Waals surface area (Å²) in [6, 6.07) is 24.3. The van der Waals surface area contributed by atoms with E-state index in [1.807, 2.05) is 54.6 Å². The lowest BCUT2D eigenvalue weighted by molar-refractivity contribution is 0.483. The average Bonchev–Trinajstić information content (AvgIpc) is 2.64. The van der Waals surface area contributed by atoms with Gasteiger partial charge in [0, 0.05) is 24.5 Å². The summed E-state index contributed by atoms with van der Waals surface area (Å²) in [5, 5.41) is 6.90. The molecule has 2 N–H and O–H groups in total. The second-order valence-corrected chi connectivity index (χ2v) is 6.11. The third kappa shape index (κ3) is 5.01. The standard InChI is InChI=1S/C22H24N2O/c1-17-8-9-18(2)22(16-17)24-15-14-23-19-10-12-21(13-11-19)25-20-6-4-3-5-7-20/h3-13,16,23-24H,14-15H2,1-2H3. The number of hydrogen-bond acceptors (Lipinski definition) is 3. The predicted octanol–water partition coefficient (Wildman–Crippen LogP) is 5.62. The van der Waals surface area contributed by atoms with Crippen LogP contribution in [-0.4, -0.2) is 13.1 Å². The fourth-order valence-electron chi connectivity index (χ4n) is 2.60. The monoisotopic (exact) mass is 332 g/mol. The molecule has 3 rings (SSSR count). The number of benzene rings is 3. The molecule has 0 aliphatic carbocycles. The summed E-state index contributed by atoms with van der Waals surface area (Å²) < 4.78 is 5.80. The first-order valence-electron chi connectivity index (χ1n) is 8.59. The Morgan fingerprint density at radius 3 is 2.16 bits per heavy atom. The SMILES string of the molecule is Cc1ccc(C)c(NCCNc2ccc(Oc3ccccc3)cc2)c1. The molecular weight excluding hydrogens is 308 g/mol. The Labute approximate surface area is 149 Å². The van der Waals surface area contributed by atoms with Crippen LogP contribution in [0.5, 0.6) is 11.5 Å². The molecule has 0 saturated heterocycles. The van der Waals surface area contributed by atoms with Crippen LogP contribution >= 0.6 is 0 Å². The minimum absolute atomic E-state index is 0.838.